The molecule has 3 rings (SSSR count). The third-order valence-electron chi connectivity index (χ3n) is 3.24. The molecule has 0 aliphatic heterocycles. The molecule has 0 spiro atoms. The van der Waals surface area contributed by atoms with Crippen molar-refractivity contribution in [2.24, 2.45) is 0 Å². The van der Waals surface area contributed by atoms with E-state index in [0.29, 0.717) is 20.1 Å². The van der Waals surface area contributed by atoms with Gasteiger partial charge >= 0.3 is 0 Å². The van der Waals surface area contributed by atoms with Gasteiger partial charge in [0.2, 0.25) is 0 Å². The Kier molecular flexibility index (Phi) is 4.84. The van der Waals surface area contributed by atoms with Gasteiger partial charge < -0.3 is 0 Å². The first-order valence-corrected chi connectivity index (χ1v) is 9.13. The van der Waals surface area contributed by atoms with Crippen LogP contribution < -0.4 is 0 Å². The highest BCUT2D eigenvalue weighted by Crippen LogP contribution is 2.26. The molecular weight excluding hydrogens is 350 g/mol. The van der Waals surface area contributed by atoms with Gasteiger partial charge in [0.05, 0.1) is 15.0 Å². The molecule has 7 heteroatoms. The monoisotopic (exact) mass is 363 g/mol. The van der Waals surface area contributed by atoms with E-state index in [1.54, 1.807) is 12.1 Å². The van der Waals surface area contributed by atoms with E-state index >= 15 is 0 Å². The van der Waals surface area contributed by atoms with E-state index in [9.17, 15) is 4.79 Å². The van der Waals surface area contributed by atoms with Crippen molar-refractivity contribution >= 4 is 40.5 Å². The minimum atomic E-state index is 0.0448. The number of hydrogen-bond acceptors (Lipinski definition) is 5. The fourth-order valence-corrected chi connectivity index (χ4v) is 4.12. The highest BCUT2D eigenvalue weighted by molar-refractivity contribution is 7.99. The van der Waals surface area contributed by atoms with Gasteiger partial charge in [0.25, 0.3) is 0 Å². The van der Waals surface area contributed by atoms with Crippen molar-refractivity contribution in [2.75, 3.05) is 5.75 Å². The van der Waals surface area contributed by atoms with Crippen LogP contribution in [0.15, 0.2) is 41.6 Å². The molecular formula is C16H14ClN3OS2. The predicted octanol–water partition coefficient (Wildman–Crippen LogP) is 4.57. The Morgan fingerprint density at radius 1 is 1.26 bits per heavy atom. The van der Waals surface area contributed by atoms with Crippen LogP contribution in [0, 0.1) is 13.8 Å². The fourth-order valence-electron chi connectivity index (χ4n) is 2.17. The summed E-state index contributed by atoms with van der Waals surface area (Å²) in [6.45, 7) is 3.94. The van der Waals surface area contributed by atoms with Crippen molar-refractivity contribution in [3.05, 3.63) is 57.0 Å². The first-order valence-electron chi connectivity index (χ1n) is 6.95. The highest BCUT2D eigenvalue weighted by Gasteiger charge is 2.15. The van der Waals surface area contributed by atoms with Gasteiger partial charge in [-0.1, -0.05) is 35.5 Å². The molecule has 2 aromatic heterocycles. The third kappa shape index (κ3) is 3.65. The largest absolute Gasteiger partial charge is 0.292 e. The van der Waals surface area contributed by atoms with Crippen LogP contribution in [0.3, 0.4) is 0 Å². The lowest BCUT2D eigenvalue weighted by Crippen LogP contribution is -2.03. The Balaban J connectivity index is 1.80. The SMILES string of the molecule is Cc1cccc(-n2c(C)nnc2SCC(=O)c2ccc(Cl)s2)c1. The number of halogens is 1. The molecule has 0 unspecified atom stereocenters. The van der Waals surface area contributed by atoms with Crippen molar-refractivity contribution in [3.8, 4) is 5.69 Å². The minimum absolute atomic E-state index is 0.0448. The molecule has 0 aliphatic carbocycles. The topological polar surface area (TPSA) is 47.8 Å². The van der Waals surface area contributed by atoms with Crippen molar-refractivity contribution in [1.82, 2.24) is 14.8 Å². The Morgan fingerprint density at radius 2 is 2.09 bits per heavy atom. The predicted molar refractivity (Wildman–Crippen MR) is 95.2 cm³/mol. The zero-order valence-corrected chi connectivity index (χ0v) is 15.0. The lowest BCUT2D eigenvalue weighted by Gasteiger charge is -2.08. The number of carbonyl (C=O) groups is 1. The number of aryl methyl sites for hydroxylation is 2. The van der Waals surface area contributed by atoms with E-state index in [4.69, 9.17) is 11.6 Å². The van der Waals surface area contributed by atoms with E-state index in [1.807, 2.05) is 36.6 Å². The third-order valence-corrected chi connectivity index (χ3v) is 5.44. The standard InChI is InChI=1S/C16H14ClN3OS2/c1-10-4-3-5-12(8-10)20-11(2)18-19-16(20)22-9-13(21)14-6-7-15(17)23-14/h3-8H,9H2,1-2H3. The summed E-state index contributed by atoms with van der Waals surface area (Å²) in [5.74, 6) is 1.15. The maximum Gasteiger partial charge on any atom is 0.196 e. The Bertz CT molecular complexity index is 857. The second kappa shape index (κ2) is 6.86. The fraction of sp³-hybridized carbons (Fsp3) is 0.188. The van der Waals surface area contributed by atoms with Crippen molar-refractivity contribution in [3.63, 3.8) is 0 Å². The summed E-state index contributed by atoms with van der Waals surface area (Å²) in [6.07, 6.45) is 0. The summed E-state index contributed by atoms with van der Waals surface area (Å²) >= 11 is 8.56. The average molecular weight is 364 g/mol. The number of hydrogen-bond donors (Lipinski definition) is 0. The van der Waals surface area contributed by atoms with E-state index < -0.39 is 0 Å². The van der Waals surface area contributed by atoms with Crippen LogP contribution >= 0.6 is 34.7 Å². The molecule has 2 heterocycles. The number of Topliss-reactive ketones (excluding diaryl/α,β-unsaturated/α-hetero) is 1. The van der Waals surface area contributed by atoms with Crippen LogP contribution in [0.25, 0.3) is 5.69 Å². The summed E-state index contributed by atoms with van der Waals surface area (Å²) < 4.78 is 2.59. The molecule has 0 N–H and O–H groups in total. The molecule has 0 saturated heterocycles. The molecule has 118 valence electrons. The zero-order chi connectivity index (χ0) is 16.4. The van der Waals surface area contributed by atoms with E-state index in [-0.39, 0.29) is 5.78 Å². The van der Waals surface area contributed by atoms with E-state index in [2.05, 4.69) is 16.3 Å². The Labute approximate surface area is 147 Å². The maximum atomic E-state index is 12.2. The number of thioether (sulfide) groups is 1. The Morgan fingerprint density at radius 3 is 2.78 bits per heavy atom. The molecule has 0 saturated carbocycles. The van der Waals surface area contributed by atoms with Crippen LogP contribution in [-0.2, 0) is 0 Å². The van der Waals surface area contributed by atoms with Gasteiger partial charge in [-0.2, -0.15) is 0 Å². The molecule has 0 bridgehead atoms. The first-order chi connectivity index (χ1) is 11.0. The molecule has 0 radical (unpaired) electrons. The number of ketones is 1. The molecule has 1 aromatic carbocycles. The lowest BCUT2D eigenvalue weighted by molar-refractivity contribution is 0.102. The van der Waals surface area contributed by atoms with Gasteiger partial charge in [0.15, 0.2) is 10.9 Å². The van der Waals surface area contributed by atoms with Gasteiger partial charge in [-0.05, 0) is 43.7 Å². The zero-order valence-electron chi connectivity index (χ0n) is 12.6. The summed E-state index contributed by atoms with van der Waals surface area (Å²) in [4.78, 5) is 12.9. The minimum Gasteiger partial charge on any atom is -0.292 e. The number of nitrogens with zero attached hydrogens (tertiary/aromatic N) is 3. The number of aromatic nitrogens is 3. The van der Waals surface area contributed by atoms with Gasteiger partial charge in [0, 0.05) is 5.69 Å². The maximum absolute atomic E-state index is 12.2. The van der Waals surface area contributed by atoms with Crippen LogP contribution in [0.1, 0.15) is 21.1 Å². The quantitative estimate of drug-likeness (QED) is 0.492. The number of benzene rings is 1. The summed E-state index contributed by atoms with van der Waals surface area (Å²) in [5, 5.41) is 9.05. The second-order valence-corrected chi connectivity index (χ2v) is 7.68. The van der Waals surface area contributed by atoms with Crippen LogP contribution in [-0.4, -0.2) is 26.3 Å². The number of rotatable bonds is 5. The van der Waals surface area contributed by atoms with Crippen LogP contribution in [0.2, 0.25) is 4.34 Å². The molecule has 0 fully saturated rings. The van der Waals surface area contributed by atoms with Gasteiger partial charge in [-0.3, -0.25) is 9.36 Å². The van der Waals surface area contributed by atoms with Gasteiger partial charge in [-0.25, -0.2) is 0 Å². The van der Waals surface area contributed by atoms with E-state index in [1.165, 1.54) is 23.1 Å². The number of thiophene rings is 1. The lowest BCUT2D eigenvalue weighted by atomic mass is 10.2. The summed E-state index contributed by atoms with van der Waals surface area (Å²) in [6, 6.07) is 11.6. The summed E-state index contributed by atoms with van der Waals surface area (Å²) in [5.41, 5.74) is 2.16. The molecule has 0 amide bonds. The summed E-state index contributed by atoms with van der Waals surface area (Å²) in [7, 11) is 0. The van der Waals surface area contributed by atoms with Crippen molar-refractivity contribution in [1.29, 1.82) is 0 Å². The van der Waals surface area contributed by atoms with Crippen LogP contribution in [0.5, 0.6) is 0 Å². The molecule has 3 aromatic rings. The van der Waals surface area contributed by atoms with Gasteiger partial charge in [0.1, 0.15) is 5.82 Å². The Hall–Kier alpha value is -1.63. The normalized spacial score (nSPS) is 10.9. The van der Waals surface area contributed by atoms with E-state index in [0.717, 1.165) is 17.1 Å². The average Bonchev–Trinajstić information content (AvgIpc) is 3.11. The second-order valence-electron chi connectivity index (χ2n) is 5.02. The highest BCUT2D eigenvalue weighted by atomic mass is 35.5. The molecule has 0 aliphatic rings. The van der Waals surface area contributed by atoms with Crippen LogP contribution in [0.4, 0.5) is 0 Å². The van der Waals surface area contributed by atoms with Crippen molar-refractivity contribution in [2.45, 2.75) is 19.0 Å². The van der Waals surface area contributed by atoms with Gasteiger partial charge in [-0.15, -0.1) is 21.5 Å². The molecule has 4 nitrogen and oxygen atoms in total. The molecule has 23 heavy (non-hydrogen) atoms. The number of carbonyl (C=O) groups excluding carboxylic acids is 1. The molecule has 0 atom stereocenters. The smallest absolute Gasteiger partial charge is 0.196 e. The van der Waals surface area contributed by atoms with Crippen molar-refractivity contribution < 1.29 is 4.79 Å². The first kappa shape index (κ1) is 16.2.